The van der Waals surface area contributed by atoms with Crippen molar-refractivity contribution in [3.05, 3.63) is 34.9 Å². The minimum Gasteiger partial charge on any atom is -0.352 e. The number of benzene rings is 1. The zero-order chi connectivity index (χ0) is 13.9. The maximum atomic E-state index is 11.9. The van der Waals surface area contributed by atoms with Gasteiger partial charge >= 0.3 is 0 Å². The van der Waals surface area contributed by atoms with E-state index in [0.29, 0.717) is 0 Å². The van der Waals surface area contributed by atoms with Gasteiger partial charge in [-0.2, -0.15) is 0 Å². The Morgan fingerprint density at radius 2 is 2.10 bits per heavy atom. The van der Waals surface area contributed by atoms with Crippen molar-refractivity contribution >= 4 is 5.91 Å². The van der Waals surface area contributed by atoms with Gasteiger partial charge in [-0.25, -0.2) is 0 Å². The van der Waals surface area contributed by atoms with Crippen molar-refractivity contribution in [1.29, 1.82) is 0 Å². The number of hydrogen-bond acceptors (Lipinski definition) is 2. The molecular formula is C17H24N2O. The van der Waals surface area contributed by atoms with Gasteiger partial charge in [0.05, 0.1) is 0 Å². The van der Waals surface area contributed by atoms with E-state index in [1.54, 1.807) is 0 Å². The van der Waals surface area contributed by atoms with Gasteiger partial charge in [0.1, 0.15) is 0 Å². The fraction of sp³-hybridized carbons (Fsp3) is 0.588. The summed E-state index contributed by atoms with van der Waals surface area (Å²) >= 11 is 0. The average molecular weight is 272 g/mol. The maximum Gasteiger partial charge on any atom is 0.251 e. The van der Waals surface area contributed by atoms with Crippen LogP contribution in [0.5, 0.6) is 0 Å². The zero-order valence-electron chi connectivity index (χ0n) is 12.0. The minimum atomic E-state index is 0.0519. The van der Waals surface area contributed by atoms with Crippen LogP contribution in [0, 0.1) is 5.92 Å². The fourth-order valence-electron chi connectivity index (χ4n) is 3.54. The van der Waals surface area contributed by atoms with Crippen LogP contribution >= 0.6 is 0 Å². The van der Waals surface area contributed by atoms with E-state index < -0.39 is 0 Å². The zero-order valence-corrected chi connectivity index (χ0v) is 12.0. The van der Waals surface area contributed by atoms with Gasteiger partial charge in [0.2, 0.25) is 0 Å². The van der Waals surface area contributed by atoms with E-state index in [0.717, 1.165) is 42.0 Å². The lowest BCUT2D eigenvalue weighted by Crippen LogP contribution is -2.32. The molecule has 0 spiro atoms. The monoisotopic (exact) mass is 272 g/mol. The summed E-state index contributed by atoms with van der Waals surface area (Å²) in [6.45, 7) is 0.749. The van der Waals surface area contributed by atoms with Crippen molar-refractivity contribution in [2.24, 2.45) is 11.7 Å². The minimum absolute atomic E-state index is 0.0519. The van der Waals surface area contributed by atoms with Crippen LogP contribution in [0.2, 0.25) is 0 Å². The first-order valence-electron chi connectivity index (χ1n) is 7.90. The van der Waals surface area contributed by atoms with Crippen LogP contribution in [0.4, 0.5) is 0 Å². The van der Waals surface area contributed by atoms with E-state index in [-0.39, 0.29) is 11.9 Å². The summed E-state index contributed by atoms with van der Waals surface area (Å²) in [6.07, 6.45) is 8.71. The molecule has 1 amide bonds. The van der Waals surface area contributed by atoms with Crippen LogP contribution in [0.25, 0.3) is 0 Å². The molecule has 1 aromatic rings. The number of nitrogens with one attached hydrogen (secondary N) is 1. The van der Waals surface area contributed by atoms with Crippen molar-refractivity contribution in [2.75, 3.05) is 6.54 Å². The third kappa shape index (κ3) is 2.88. The van der Waals surface area contributed by atoms with E-state index in [9.17, 15) is 4.79 Å². The molecule has 2 aliphatic rings. The molecule has 1 fully saturated rings. The first kappa shape index (κ1) is 13.6. The highest BCUT2D eigenvalue weighted by molar-refractivity contribution is 5.96. The summed E-state index contributed by atoms with van der Waals surface area (Å²) < 4.78 is 0. The average Bonchev–Trinajstić information content (AvgIpc) is 2.98. The molecule has 0 radical (unpaired) electrons. The first-order chi connectivity index (χ1) is 9.74. The Bertz CT molecular complexity index is 492. The molecule has 108 valence electrons. The molecule has 0 bridgehead atoms. The molecule has 1 unspecified atom stereocenters. The fourth-order valence-corrected chi connectivity index (χ4v) is 3.54. The molecule has 3 nitrogen and oxygen atoms in total. The summed E-state index contributed by atoms with van der Waals surface area (Å²) in [5, 5.41) is 2.90. The molecule has 1 saturated carbocycles. The molecule has 3 N–H and O–H groups in total. The third-order valence-electron chi connectivity index (χ3n) is 4.85. The van der Waals surface area contributed by atoms with E-state index in [4.69, 9.17) is 5.73 Å². The Balaban J connectivity index is 1.66. The highest BCUT2D eigenvalue weighted by Crippen LogP contribution is 2.31. The number of carbonyl (C=O) groups excluding carboxylic acids is 1. The molecule has 1 aromatic carbocycles. The molecule has 20 heavy (non-hydrogen) atoms. The summed E-state index contributed by atoms with van der Waals surface area (Å²) in [5.74, 6) is 0.929. The van der Waals surface area contributed by atoms with E-state index in [1.165, 1.54) is 32.1 Å². The largest absolute Gasteiger partial charge is 0.352 e. The van der Waals surface area contributed by atoms with Crippen LogP contribution in [-0.2, 0) is 6.42 Å². The molecule has 1 aliphatic carbocycles. The van der Waals surface area contributed by atoms with Gasteiger partial charge in [-0.05, 0) is 42.4 Å². The predicted octanol–water partition coefficient (Wildman–Crippen LogP) is 2.94. The number of fused-ring (bicyclic) bond motifs is 1. The van der Waals surface area contributed by atoms with Gasteiger partial charge in [0.25, 0.3) is 5.91 Å². The van der Waals surface area contributed by atoms with Crippen LogP contribution in [-0.4, -0.2) is 12.5 Å². The number of rotatable bonds is 4. The standard InChI is InChI=1S/C17H24N2O/c18-16(8-5-12-3-1-2-4-12)14-7-6-13-9-10-19-17(20)15(13)11-14/h6-7,11-12,16H,1-5,8-10,18H2,(H,19,20). The maximum absolute atomic E-state index is 11.9. The second-order valence-electron chi connectivity index (χ2n) is 6.26. The first-order valence-corrected chi connectivity index (χ1v) is 7.90. The van der Waals surface area contributed by atoms with E-state index >= 15 is 0 Å². The van der Waals surface area contributed by atoms with Crippen molar-refractivity contribution in [3.8, 4) is 0 Å². The van der Waals surface area contributed by atoms with Gasteiger partial charge in [0.15, 0.2) is 0 Å². The Kier molecular flexibility index (Phi) is 4.06. The van der Waals surface area contributed by atoms with Gasteiger partial charge < -0.3 is 11.1 Å². The lowest BCUT2D eigenvalue weighted by Gasteiger charge is -2.20. The molecule has 3 rings (SSSR count). The summed E-state index contributed by atoms with van der Waals surface area (Å²) in [7, 11) is 0. The van der Waals surface area contributed by atoms with Gasteiger partial charge in [-0.1, -0.05) is 37.8 Å². The Morgan fingerprint density at radius 3 is 2.90 bits per heavy atom. The number of hydrogen-bond donors (Lipinski definition) is 2. The van der Waals surface area contributed by atoms with Crippen molar-refractivity contribution in [2.45, 2.75) is 51.0 Å². The highest BCUT2D eigenvalue weighted by Gasteiger charge is 2.20. The van der Waals surface area contributed by atoms with Gasteiger partial charge in [0, 0.05) is 18.2 Å². The molecule has 0 saturated heterocycles. The Hall–Kier alpha value is -1.35. The summed E-state index contributed by atoms with van der Waals surface area (Å²) in [4.78, 5) is 11.9. The van der Waals surface area contributed by atoms with E-state index in [1.807, 2.05) is 6.07 Å². The second-order valence-corrected chi connectivity index (χ2v) is 6.26. The van der Waals surface area contributed by atoms with Crippen LogP contribution < -0.4 is 11.1 Å². The summed E-state index contributed by atoms with van der Waals surface area (Å²) in [5.41, 5.74) is 9.41. The van der Waals surface area contributed by atoms with Crippen LogP contribution in [0.1, 0.15) is 66.1 Å². The quantitative estimate of drug-likeness (QED) is 0.885. The highest BCUT2D eigenvalue weighted by atomic mass is 16.1. The molecule has 3 heteroatoms. The SMILES string of the molecule is NC(CCC1CCCC1)c1ccc2c(c1)C(=O)NCC2. The normalized spacial score (nSPS) is 20.6. The molecular weight excluding hydrogens is 248 g/mol. The Morgan fingerprint density at radius 1 is 1.30 bits per heavy atom. The van der Waals surface area contributed by atoms with Crippen LogP contribution in [0.3, 0.4) is 0 Å². The number of amides is 1. The van der Waals surface area contributed by atoms with Gasteiger partial charge in [-0.3, -0.25) is 4.79 Å². The lowest BCUT2D eigenvalue weighted by molar-refractivity contribution is 0.0946. The van der Waals surface area contributed by atoms with Crippen molar-refractivity contribution < 1.29 is 4.79 Å². The second kappa shape index (κ2) is 5.96. The van der Waals surface area contributed by atoms with Gasteiger partial charge in [-0.15, -0.1) is 0 Å². The van der Waals surface area contributed by atoms with Crippen molar-refractivity contribution in [3.63, 3.8) is 0 Å². The smallest absolute Gasteiger partial charge is 0.251 e. The lowest BCUT2D eigenvalue weighted by atomic mass is 9.92. The topological polar surface area (TPSA) is 55.1 Å². The van der Waals surface area contributed by atoms with Crippen molar-refractivity contribution in [1.82, 2.24) is 5.32 Å². The summed E-state index contributed by atoms with van der Waals surface area (Å²) in [6, 6.07) is 6.26. The Labute approximate surface area is 120 Å². The predicted molar refractivity (Wildman–Crippen MR) is 80.6 cm³/mol. The number of carbonyl (C=O) groups is 1. The molecule has 1 heterocycles. The third-order valence-corrected chi connectivity index (χ3v) is 4.85. The van der Waals surface area contributed by atoms with E-state index in [2.05, 4.69) is 17.4 Å². The molecule has 1 aliphatic heterocycles. The number of nitrogens with two attached hydrogens (primary N) is 1. The van der Waals surface area contributed by atoms with Crippen LogP contribution in [0.15, 0.2) is 18.2 Å². The molecule has 0 aromatic heterocycles. The molecule has 1 atom stereocenters.